The molecule has 164 valence electrons. The molecule has 5 rings (SSSR count). The van der Waals surface area contributed by atoms with Crippen LogP contribution in [0, 0.1) is 6.92 Å². The van der Waals surface area contributed by atoms with Crippen molar-refractivity contribution in [2.75, 3.05) is 19.7 Å². The third-order valence-corrected chi connectivity index (χ3v) is 5.98. The van der Waals surface area contributed by atoms with Crippen molar-refractivity contribution >= 4 is 17.2 Å². The standard InChI is InChI=1S/C25H26N4O3/c1-3-31-25(30)28-14-12-19(13-15-28)29-21(24-27-20-6-4-5-7-22(20)32-24)16-26-23(29)18-10-8-17(2)9-11-18/h4-11,16,19H,3,12-15H2,1-2H3. The number of piperidine rings is 1. The number of hydrogen-bond donors (Lipinski definition) is 0. The second kappa shape index (κ2) is 8.49. The van der Waals surface area contributed by atoms with Crippen LogP contribution in [0.3, 0.4) is 0 Å². The predicted octanol–water partition coefficient (Wildman–Crippen LogP) is 5.46. The number of aryl methyl sites for hydroxylation is 1. The lowest BCUT2D eigenvalue weighted by Gasteiger charge is -2.33. The normalized spacial score (nSPS) is 14.8. The maximum Gasteiger partial charge on any atom is 0.409 e. The van der Waals surface area contributed by atoms with Gasteiger partial charge in [0, 0.05) is 24.7 Å². The zero-order valence-electron chi connectivity index (χ0n) is 18.3. The van der Waals surface area contributed by atoms with Gasteiger partial charge >= 0.3 is 6.09 Å². The highest BCUT2D eigenvalue weighted by Gasteiger charge is 2.29. The number of likely N-dealkylation sites (tertiary alicyclic amines) is 1. The molecule has 0 saturated carbocycles. The number of fused-ring (bicyclic) bond motifs is 1. The van der Waals surface area contributed by atoms with E-state index in [9.17, 15) is 4.79 Å². The maximum absolute atomic E-state index is 12.2. The van der Waals surface area contributed by atoms with Gasteiger partial charge in [-0.15, -0.1) is 0 Å². The van der Waals surface area contributed by atoms with Gasteiger partial charge in [-0.1, -0.05) is 42.0 Å². The second-order valence-corrected chi connectivity index (χ2v) is 8.11. The Morgan fingerprint density at radius 3 is 2.59 bits per heavy atom. The topological polar surface area (TPSA) is 73.4 Å². The van der Waals surface area contributed by atoms with Gasteiger partial charge in [-0.05, 0) is 38.8 Å². The summed E-state index contributed by atoms with van der Waals surface area (Å²) in [5.74, 6) is 1.45. The quantitative estimate of drug-likeness (QED) is 0.430. The van der Waals surface area contributed by atoms with E-state index in [1.807, 2.05) is 37.4 Å². The summed E-state index contributed by atoms with van der Waals surface area (Å²) in [6.07, 6.45) is 3.22. The number of imidazole rings is 1. The molecule has 1 fully saturated rings. The van der Waals surface area contributed by atoms with Crippen LogP contribution >= 0.6 is 0 Å². The van der Waals surface area contributed by atoms with E-state index in [1.54, 1.807) is 4.90 Å². The van der Waals surface area contributed by atoms with E-state index in [0.717, 1.165) is 41.0 Å². The number of oxazole rings is 1. The summed E-state index contributed by atoms with van der Waals surface area (Å²) < 4.78 is 13.5. The van der Waals surface area contributed by atoms with Gasteiger partial charge in [0.1, 0.15) is 17.0 Å². The van der Waals surface area contributed by atoms with E-state index in [4.69, 9.17) is 19.1 Å². The van der Waals surface area contributed by atoms with Crippen LogP contribution in [0.15, 0.2) is 59.1 Å². The number of benzene rings is 2. The van der Waals surface area contributed by atoms with Gasteiger partial charge in [-0.25, -0.2) is 14.8 Å². The van der Waals surface area contributed by atoms with E-state index in [-0.39, 0.29) is 12.1 Å². The molecule has 7 nitrogen and oxygen atoms in total. The molecule has 0 unspecified atom stereocenters. The molecule has 3 heterocycles. The first-order valence-corrected chi connectivity index (χ1v) is 11.1. The molecule has 0 N–H and O–H groups in total. The highest BCUT2D eigenvalue weighted by molar-refractivity contribution is 5.76. The Kier molecular flexibility index (Phi) is 5.39. The first-order chi connectivity index (χ1) is 15.6. The Bertz CT molecular complexity index is 1200. The van der Waals surface area contributed by atoms with Crippen LogP contribution in [0.2, 0.25) is 0 Å². The van der Waals surface area contributed by atoms with Crippen molar-refractivity contribution in [3.8, 4) is 23.0 Å². The van der Waals surface area contributed by atoms with Crippen LogP contribution in [0.25, 0.3) is 34.1 Å². The molecule has 1 amide bonds. The molecule has 1 saturated heterocycles. The second-order valence-electron chi connectivity index (χ2n) is 8.11. The van der Waals surface area contributed by atoms with Gasteiger partial charge in [0.15, 0.2) is 5.58 Å². The lowest BCUT2D eigenvalue weighted by atomic mass is 10.0. The van der Waals surface area contributed by atoms with Crippen LogP contribution < -0.4 is 0 Å². The van der Waals surface area contributed by atoms with Crippen molar-refractivity contribution in [2.24, 2.45) is 0 Å². The highest BCUT2D eigenvalue weighted by Crippen LogP contribution is 2.35. The monoisotopic (exact) mass is 430 g/mol. The van der Waals surface area contributed by atoms with Crippen LogP contribution in [0.4, 0.5) is 4.79 Å². The van der Waals surface area contributed by atoms with E-state index in [2.05, 4.69) is 35.8 Å². The van der Waals surface area contributed by atoms with Crippen LogP contribution in [-0.4, -0.2) is 45.2 Å². The SMILES string of the molecule is CCOC(=O)N1CCC(n2c(-c3nc4ccccc4o3)cnc2-c2ccc(C)cc2)CC1. The first kappa shape index (κ1) is 20.3. The fourth-order valence-corrected chi connectivity index (χ4v) is 4.31. The molecule has 0 radical (unpaired) electrons. The number of carbonyl (C=O) groups excluding carboxylic acids is 1. The minimum Gasteiger partial charge on any atom is -0.450 e. The van der Waals surface area contributed by atoms with Gasteiger partial charge in [0.25, 0.3) is 0 Å². The molecule has 0 aliphatic carbocycles. The molecule has 2 aromatic heterocycles. The summed E-state index contributed by atoms with van der Waals surface area (Å²) in [6.45, 7) is 5.57. The van der Waals surface area contributed by atoms with Crippen molar-refractivity contribution in [1.82, 2.24) is 19.4 Å². The zero-order chi connectivity index (χ0) is 22.1. The fourth-order valence-electron chi connectivity index (χ4n) is 4.31. The summed E-state index contributed by atoms with van der Waals surface area (Å²) in [7, 11) is 0. The van der Waals surface area contributed by atoms with Crippen molar-refractivity contribution in [3.63, 3.8) is 0 Å². The molecule has 1 aliphatic heterocycles. The molecule has 2 aromatic carbocycles. The minimum absolute atomic E-state index is 0.171. The van der Waals surface area contributed by atoms with Gasteiger partial charge in [0.05, 0.1) is 12.8 Å². The summed E-state index contributed by atoms with van der Waals surface area (Å²) >= 11 is 0. The van der Waals surface area contributed by atoms with E-state index < -0.39 is 0 Å². The number of carbonyl (C=O) groups is 1. The van der Waals surface area contributed by atoms with Crippen LogP contribution in [0.1, 0.15) is 31.4 Å². The van der Waals surface area contributed by atoms with Crippen LogP contribution in [0.5, 0.6) is 0 Å². The smallest absolute Gasteiger partial charge is 0.409 e. The average Bonchev–Trinajstić information content (AvgIpc) is 3.44. The lowest BCUT2D eigenvalue weighted by Crippen LogP contribution is -2.39. The number of hydrogen-bond acceptors (Lipinski definition) is 5. The molecule has 7 heteroatoms. The van der Waals surface area contributed by atoms with Gasteiger partial charge < -0.3 is 18.6 Å². The molecule has 0 spiro atoms. The summed E-state index contributed by atoms with van der Waals surface area (Å²) in [5.41, 5.74) is 4.68. The number of para-hydroxylation sites is 2. The first-order valence-electron chi connectivity index (χ1n) is 11.1. The number of aromatic nitrogens is 3. The van der Waals surface area contributed by atoms with Crippen molar-refractivity contribution < 1.29 is 13.9 Å². The molecular formula is C25H26N4O3. The van der Waals surface area contributed by atoms with Gasteiger partial charge in [0.2, 0.25) is 5.89 Å². The van der Waals surface area contributed by atoms with Crippen LogP contribution in [-0.2, 0) is 4.74 Å². The van der Waals surface area contributed by atoms with E-state index in [1.165, 1.54) is 5.56 Å². The maximum atomic E-state index is 12.2. The third kappa shape index (κ3) is 3.75. The van der Waals surface area contributed by atoms with Crippen molar-refractivity contribution in [3.05, 3.63) is 60.3 Å². The summed E-state index contributed by atoms with van der Waals surface area (Å²) in [5, 5.41) is 0. The summed E-state index contributed by atoms with van der Waals surface area (Å²) in [4.78, 5) is 23.4. The predicted molar refractivity (Wildman–Crippen MR) is 122 cm³/mol. The Hall–Kier alpha value is -3.61. The minimum atomic E-state index is -0.241. The number of rotatable bonds is 4. The third-order valence-electron chi connectivity index (χ3n) is 5.98. The number of ether oxygens (including phenoxy) is 1. The molecule has 0 bridgehead atoms. The number of nitrogens with zero attached hydrogens (tertiary/aromatic N) is 4. The molecule has 1 aliphatic rings. The molecular weight excluding hydrogens is 404 g/mol. The summed E-state index contributed by atoms with van der Waals surface area (Å²) in [6, 6.07) is 16.3. The lowest BCUT2D eigenvalue weighted by molar-refractivity contribution is 0.0929. The largest absolute Gasteiger partial charge is 0.450 e. The molecule has 4 aromatic rings. The Morgan fingerprint density at radius 1 is 1.12 bits per heavy atom. The van der Waals surface area contributed by atoms with Gasteiger partial charge in [-0.3, -0.25) is 0 Å². The highest BCUT2D eigenvalue weighted by atomic mass is 16.6. The Labute approximate surface area is 186 Å². The van der Waals surface area contributed by atoms with E-state index >= 15 is 0 Å². The zero-order valence-corrected chi connectivity index (χ0v) is 18.3. The number of amides is 1. The Morgan fingerprint density at radius 2 is 1.88 bits per heavy atom. The molecule has 32 heavy (non-hydrogen) atoms. The molecule has 0 atom stereocenters. The van der Waals surface area contributed by atoms with E-state index in [0.29, 0.717) is 25.6 Å². The average molecular weight is 431 g/mol. The van der Waals surface area contributed by atoms with Gasteiger partial charge in [-0.2, -0.15) is 0 Å². The Balaban J connectivity index is 1.53. The van der Waals surface area contributed by atoms with Crippen molar-refractivity contribution in [1.29, 1.82) is 0 Å². The fraction of sp³-hybridized carbons (Fsp3) is 0.320. The van der Waals surface area contributed by atoms with Crippen molar-refractivity contribution in [2.45, 2.75) is 32.7 Å².